The number of likely N-dealkylation sites (tertiary alicyclic amines) is 1. The molecular weight excluding hydrogens is 382 g/mol. The van der Waals surface area contributed by atoms with E-state index >= 15 is 0 Å². The first-order chi connectivity index (χ1) is 14.5. The van der Waals surface area contributed by atoms with Crippen LogP contribution in [0.25, 0.3) is 0 Å². The monoisotopic (exact) mass is 409 g/mol. The highest BCUT2D eigenvalue weighted by molar-refractivity contribution is 6.08. The zero-order chi connectivity index (χ0) is 21.5. The summed E-state index contributed by atoms with van der Waals surface area (Å²) in [7, 11) is 0. The van der Waals surface area contributed by atoms with Gasteiger partial charge in [0.15, 0.2) is 19.0 Å². The van der Waals surface area contributed by atoms with Crippen molar-refractivity contribution in [1.29, 1.82) is 0 Å². The van der Waals surface area contributed by atoms with Crippen LogP contribution in [0.2, 0.25) is 0 Å². The minimum atomic E-state index is -0.606. The molecule has 0 aromatic heterocycles. The van der Waals surface area contributed by atoms with Gasteiger partial charge in [-0.05, 0) is 57.4 Å². The Morgan fingerprint density at radius 1 is 0.867 bits per heavy atom. The normalized spacial score (nSPS) is 18.5. The smallest absolute Gasteiger partial charge is 0.344 e. The summed E-state index contributed by atoms with van der Waals surface area (Å²) in [6.07, 6.45) is 3.04. The average Bonchev–Trinajstić information content (AvgIpc) is 2.76. The van der Waals surface area contributed by atoms with Crippen LogP contribution < -0.4 is 4.74 Å². The first-order valence-electron chi connectivity index (χ1n) is 10.2. The Labute approximate surface area is 176 Å². The van der Waals surface area contributed by atoms with Crippen molar-refractivity contribution in [3.05, 3.63) is 65.7 Å². The molecule has 6 heteroatoms. The standard InChI is InChI=1S/C24H27NO5/c1-17-7-6-8-18(2)25(17)22(26)15-30-23(27)16-29-21-13-11-20(12-14-21)24(28)19-9-4-3-5-10-19/h3-5,9-14,17-18H,6-8,15-16H2,1-2H3/t17-,18-/m0/s1. The van der Waals surface area contributed by atoms with Gasteiger partial charge in [-0.3, -0.25) is 9.59 Å². The molecule has 0 saturated carbocycles. The van der Waals surface area contributed by atoms with E-state index in [0.29, 0.717) is 16.9 Å². The van der Waals surface area contributed by atoms with Crippen LogP contribution >= 0.6 is 0 Å². The molecule has 2 aromatic carbocycles. The Balaban J connectivity index is 1.45. The Morgan fingerprint density at radius 3 is 2.10 bits per heavy atom. The molecule has 0 N–H and O–H groups in total. The highest BCUT2D eigenvalue weighted by Gasteiger charge is 2.29. The lowest BCUT2D eigenvalue weighted by Gasteiger charge is -2.38. The molecule has 1 fully saturated rings. The maximum Gasteiger partial charge on any atom is 0.344 e. The first-order valence-corrected chi connectivity index (χ1v) is 10.2. The molecule has 0 spiro atoms. The van der Waals surface area contributed by atoms with Crippen LogP contribution in [0.1, 0.15) is 49.0 Å². The van der Waals surface area contributed by atoms with Crippen molar-refractivity contribution in [2.45, 2.75) is 45.2 Å². The summed E-state index contributed by atoms with van der Waals surface area (Å²) in [5.74, 6) is -0.417. The minimum absolute atomic E-state index is 0.0822. The van der Waals surface area contributed by atoms with Crippen molar-refractivity contribution in [3.8, 4) is 5.75 Å². The lowest BCUT2D eigenvalue weighted by molar-refractivity contribution is -0.156. The Bertz CT molecular complexity index is 868. The Kier molecular flexibility index (Phi) is 7.22. The van der Waals surface area contributed by atoms with Gasteiger partial charge < -0.3 is 14.4 Å². The number of nitrogens with zero attached hydrogens (tertiary/aromatic N) is 1. The lowest BCUT2D eigenvalue weighted by atomic mass is 9.97. The summed E-state index contributed by atoms with van der Waals surface area (Å²) >= 11 is 0. The van der Waals surface area contributed by atoms with Crippen LogP contribution in [0, 0.1) is 0 Å². The predicted molar refractivity (Wildman–Crippen MR) is 112 cm³/mol. The summed E-state index contributed by atoms with van der Waals surface area (Å²) in [4.78, 5) is 38.6. The van der Waals surface area contributed by atoms with Crippen LogP contribution in [0.4, 0.5) is 0 Å². The van der Waals surface area contributed by atoms with Gasteiger partial charge in [0.25, 0.3) is 5.91 Å². The second kappa shape index (κ2) is 10.1. The molecule has 3 rings (SSSR count). The molecule has 2 aromatic rings. The zero-order valence-corrected chi connectivity index (χ0v) is 17.4. The van der Waals surface area contributed by atoms with Crippen LogP contribution in [-0.4, -0.2) is 47.9 Å². The highest BCUT2D eigenvalue weighted by atomic mass is 16.6. The fraction of sp³-hybridized carbons (Fsp3) is 0.375. The number of carbonyl (C=O) groups excluding carboxylic acids is 3. The second-order valence-corrected chi connectivity index (χ2v) is 7.60. The fourth-order valence-corrected chi connectivity index (χ4v) is 3.77. The van der Waals surface area contributed by atoms with Crippen LogP contribution in [0.5, 0.6) is 5.75 Å². The number of amides is 1. The van der Waals surface area contributed by atoms with Gasteiger partial charge in [0, 0.05) is 23.2 Å². The maximum absolute atomic E-state index is 12.4. The molecule has 1 amide bonds. The number of hydrogen-bond donors (Lipinski definition) is 0. The third kappa shape index (κ3) is 5.47. The van der Waals surface area contributed by atoms with E-state index in [1.165, 1.54) is 0 Å². The van der Waals surface area contributed by atoms with E-state index in [2.05, 4.69) is 0 Å². The van der Waals surface area contributed by atoms with Crippen LogP contribution in [0.15, 0.2) is 54.6 Å². The predicted octanol–water partition coefficient (Wildman–Crippen LogP) is 3.63. The molecular formula is C24H27NO5. The molecule has 0 bridgehead atoms. The summed E-state index contributed by atoms with van der Waals surface area (Å²) in [6, 6.07) is 15.9. The number of carbonyl (C=O) groups is 3. The maximum atomic E-state index is 12.4. The number of piperidine rings is 1. The summed E-state index contributed by atoms with van der Waals surface area (Å²) in [5, 5.41) is 0. The largest absolute Gasteiger partial charge is 0.482 e. The van der Waals surface area contributed by atoms with E-state index in [0.717, 1.165) is 19.3 Å². The van der Waals surface area contributed by atoms with Gasteiger partial charge in [0.05, 0.1) is 0 Å². The summed E-state index contributed by atoms with van der Waals surface area (Å²) in [6.45, 7) is 3.46. The van der Waals surface area contributed by atoms with E-state index in [-0.39, 0.29) is 37.0 Å². The van der Waals surface area contributed by atoms with Gasteiger partial charge in [0.1, 0.15) is 5.75 Å². The Hall–Kier alpha value is -3.15. The first kappa shape index (κ1) is 21.6. The number of esters is 1. The van der Waals surface area contributed by atoms with Crippen LogP contribution in [-0.2, 0) is 14.3 Å². The van der Waals surface area contributed by atoms with Crippen molar-refractivity contribution in [2.75, 3.05) is 13.2 Å². The third-order valence-corrected chi connectivity index (χ3v) is 5.35. The van der Waals surface area contributed by atoms with Gasteiger partial charge in [-0.25, -0.2) is 4.79 Å². The van der Waals surface area contributed by atoms with Crippen LogP contribution in [0.3, 0.4) is 0 Å². The molecule has 0 unspecified atom stereocenters. The molecule has 1 aliphatic heterocycles. The molecule has 6 nitrogen and oxygen atoms in total. The van der Waals surface area contributed by atoms with E-state index in [4.69, 9.17) is 9.47 Å². The van der Waals surface area contributed by atoms with Gasteiger partial charge in [-0.15, -0.1) is 0 Å². The topological polar surface area (TPSA) is 72.9 Å². The van der Waals surface area contributed by atoms with E-state index < -0.39 is 5.97 Å². The number of ketones is 1. The van der Waals surface area contributed by atoms with E-state index in [1.54, 1.807) is 41.3 Å². The highest BCUT2D eigenvalue weighted by Crippen LogP contribution is 2.22. The Morgan fingerprint density at radius 2 is 1.47 bits per heavy atom. The van der Waals surface area contributed by atoms with E-state index in [9.17, 15) is 14.4 Å². The minimum Gasteiger partial charge on any atom is -0.482 e. The molecule has 158 valence electrons. The molecule has 2 atom stereocenters. The van der Waals surface area contributed by atoms with Crippen molar-refractivity contribution in [2.24, 2.45) is 0 Å². The number of ether oxygens (including phenoxy) is 2. The summed E-state index contributed by atoms with van der Waals surface area (Å²) in [5.41, 5.74) is 1.14. The van der Waals surface area contributed by atoms with Gasteiger partial charge in [0.2, 0.25) is 0 Å². The SMILES string of the molecule is C[C@H]1CCC[C@H](C)N1C(=O)COC(=O)COc1ccc(C(=O)c2ccccc2)cc1. The van der Waals surface area contributed by atoms with Crippen molar-refractivity contribution >= 4 is 17.7 Å². The van der Waals surface area contributed by atoms with Crippen molar-refractivity contribution in [1.82, 2.24) is 4.90 Å². The van der Waals surface area contributed by atoms with Gasteiger partial charge in [-0.2, -0.15) is 0 Å². The zero-order valence-electron chi connectivity index (χ0n) is 17.4. The third-order valence-electron chi connectivity index (χ3n) is 5.35. The fourth-order valence-electron chi connectivity index (χ4n) is 3.77. The van der Waals surface area contributed by atoms with Gasteiger partial charge >= 0.3 is 5.97 Å². The molecule has 30 heavy (non-hydrogen) atoms. The molecule has 0 radical (unpaired) electrons. The molecule has 1 saturated heterocycles. The lowest BCUT2D eigenvalue weighted by Crippen LogP contribution is -2.49. The van der Waals surface area contributed by atoms with Crippen molar-refractivity contribution < 1.29 is 23.9 Å². The average molecular weight is 409 g/mol. The second-order valence-electron chi connectivity index (χ2n) is 7.60. The quantitative estimate of drug-likeness (QED) is 0.516. The molecule has 1 aliphatic rings. The van der Waals surface area contributed by atoms with Crippen molar-refractivity contribution in [3.63, 3.8) is 0 Å². The number of rotatable bonds is 7. The molecule has 0 aliphatic carbocycles. The molecule has 1 heterocycles. The summed E-state index contributed by atoms with van der Waals surface area (Å²) < 4.78 is 10.5. The van der Waals surface area contributed by atoms with Gasteiger partial charge in [-0.1, -0.05) is 30.3 Å². The van der Waals surface area contributed by atoms with E-state index in [1.807, 2.05) is 32.0 Å². The number of benzene rings is 2. The number of hydrogen-bond acceptors (Lipinski definition) is 5.